The maximum Gasteiger partial charge on any atom is 0.289 e. The average molecular weight is 315 g/mol. The summed E-state index contributed by atoms with van der Waals surface area (Å²) in [5.74, 6) is 0.0794. The lowest BCUT2D eigenvalue weighted by atomic mass is 9.90. The van der Waals surface area contributed by atoms with Gasteiger partial charge >= 0.3 is 0 Å². The third-order valence-electron chi connectivity index (χ3n) is 4.01. The fourth-order valence-electron chi connectivity index (χ4n) is 2.86. The molecular weight excluding hydrogens is 294 g/mol. The van der Waals surface area contributed by atoms with Gasteiger partial charge in [0, 0.05) is 25.2 Å². The van der Waals surface area contributed by atoms with E-state index in [0.717, 1.165) is 12.8 Å². The van der Waals surface area contributed by atoms with Gasteiger partial charge in [0.1, 0.15) is 10.7 Å². The zero-order valence-electron chi connectivity index (χ0n) is 12.2. The van der Waals surface area contributed by atoms with Gasteiger partial charge in [0.15, 0.2) is 5.76 Å². The molecule has 4 N–H and O–H groups in total. The summed E-state index contributed by atoms with van der Waals surface area (Å²) in [7, 11) is -3.90. The second-order valence-electron chi connectivity index (χ2n) is 5.50. The number of nitrogens with two attached hydrogens (primary N) is 2. The molecule has 8 heteroatoms. The van der Waals surface area contributed by atoms with Crippen molar-refractivity contribution >= 4 is 15.9 Å². The number of rotatable bonds is 3. The number of nitrogens with zero attached hydrogens (tertiary/aromatic N) is 1. The summed E-state index contributed by atoms with van der Waals surface area (Å²) in [6.45, 7) is 4.49. The van der Waals surface area contributed by atoms with Gasteiger partial charge in [-0.2, -0.15) is 0 Å². The number of aryl methyl sites for hydroxylation is 1. The molecule has 21 heavy (non-hydrogen) atoms. The SMILES string of the molecule is Cc1oc(C(=O)N2CCC[C@H](C)[C@@H]2CN)cc1S(N)(=O)=O. The topological polar surface area (TPSA) is 120 Å². The summed E-state index contributed by atoms with van der Waals surface area (Å²) in [5.41, 5.74) is 5.76. The quantitative estimate of drug-likeness (QED) is 0.838. The van der Waals surface area contributed by atoms with E-state index in [1.165, 1.54) is 13.0 Å². The number of furan rings is 1. The van der Waals surface area contributed by atoms with Crippen LogP contribution >= 0.6 is 0 Å². The van der Waals surface area contributed by atoms with Gasteiger partial charge in [0.05, 0.1) is 0 Å². The molecule has 1 amide bonds. The molecule has 1 fully saturated rings. The summed E-state index contributed by atoms with van der Waals surface area (Å²) in [6.07, 6.45) is 1.91. The Hall–Kier alpha value is -1.38. The molecule has 0 aromatic carbocycles. The van der Waals surface area contributed by atoms with Crippen LogP contribution in [0.25, 0.3) is 0 Å². The molecule has 0 saturated carbocycles. The van der Waals surface area contributed by atoms with E-state index in [9.17, 15) is 13.2 Å². The maximum atomic E-state index is 12.5. The van der Waals surface area contributed by atoms with Gasteiger partial charge < -0.3 is 15.1 Å². The van der Waals surface area contributed by atoms with Crippen molar-refractivity contribution in [2.45, 2.75) is 37.6 Å². The van der Waals surface area contributed by atoms with Crippen molar-refractivity contribution in [1.29, 1.82) is 0 Å². The van der Waals surface area contributed by atoms with Crippen LogP contribution in [0.1, 0.15) is 36.1 Å². The number of hydrogen-bond donors (Lipinski definition) is 2. The molecular formula is C13H21N3O4S. The van der Waals surface area contributed by atoms with E-state index in [1.807, 2.05) is 0 Å². The van der Waals surface area contributed by atoms with E-state index < -0.39 is 10.0 Å². The van der Waals surface area contributed by atoms with Crippen molar-refractivity contribution < 1.29 is 17.6 Å². The number of hydrogen-bond acceptors (Lipinski definition) is 5. The highest BCUT2D eigenvalue weighted by atomic mass is 32.2. The molecule has 1 aromatic rings. The smallest absolute Gasteiger partial charge is 0.289 e. The number of piperidine rings is 1. The summed E-state index contributed by atoms with van der Waals surface area (Å²) >= 11 is 0. The Morgan fingerprint density at radius 2 is 2.19 bits per heavy atom. The van der Waals surface area contributed by atoms with Gasteiger partial charge in [-0.05, 0) is 25.7 Å². The predicted octanol–water partition coefficient (Wildman–Crippen LogP) is 0.435. The normalized spacial score (nSPS) is 23.3. The summed E-state index contributed by atoms with van der Waals surface area (Å²) in [4.78, 5) is 14.1. The van der Waals surface area contributed by atoms with Crippen molar-refractivity contribution in [1.82, 2.24) is 4.90 Å². The Bertz CT molecular complexity index is 638. The second kappa shape index (κ2) is 5.78. The molecule has 0 bridgehead atoms. The maximum absolute atomic E-state index is 12.5. The number of likely N-dealkylation sites (tertiary alicyclic amines) is 1. The largest absolute Gasteiger partial charge is 0.455 e. The first-order valence-corrected chi connectivity index (χ1v) is 8.44. The standard InChI is InChI=1S/C13H21N3O4S/c1-8-4-3-5-16(10(8)7-14)13(17)11-6-12(9(2)20-11)21(15,18)19/h6,8,10H,3-5,7,14H2,1-2H3,(H2,15,18,19)/t8-,10-/m0/s1. The summed E-state index contributed by atoms with van der Waals surface area (Å²) in [5, 5.41) is 5.09. The molecule has 0 unspecified atom stereocenters. The van der Waals surface area contributed by atoms with Crippen LogP contribution in [-0.4, -0.2) is 38.4 Å². The molecule has 2 rings (SSSR count). The van der Waals surface area contributed by atoms with Crippen molar-refractivity contribution in [3.05, 3.63) is 17.6 Å². The van der Waals surface area contributed by atoms with Crippen molar-refractivity contribution in [2.24, 2.45) is 16.8 Å². The van der Waals surface area contributed by atoms with E-state index in [0.29, 0.717) is 19.0 Å². The van der Waals surface area contributed by atoms with Gasteiger partial charge in [-0.15, -0.1) is 0 Å². The molecule has 0 aliphatic carbocycles. The lowest BCUT2D eigenvalue weighted by Gasteiger charge is -2.38. The average Bonchev–Trinajstić information content (AvgIpc) is 2.79. The fraction of sp³-hybridized carbons (Fsp3) is 0.615. The molecule has 1 aliphatic rings. The lowest BCUT2D eigenvalue weighted by molar-refractivity contribution is 0.0500. The van der Waals surface area contributed by atoms with Crippen molar-refractivity contribution in [3.8, 4) is 0 Å². The molecule has 1 aromatic heterocycles. The number of carbonyl (C=O) groups excluding carboxylic acids is 1. The minimum atomic E-state index is -3.90. The number of carbonyl (C=O) groups is 1. The van der Waals surface area contributed by atoms with Gasteiger partial charge in [-0.3, -0.25) is 4.79 Å². The van der Waals surface area contributed by atoms with Crippen LogP contribution in [0, 0.1) is 12.8 Å². The first-order valence-electron chi connectivity index (χ1n) is 6.90. The first-order chi connectivity index (χ1) is 9.75. The number of primary sulfonamides is 1. The second-order valence-corrected chi connectivity index (χ2v) is 7.03. The summed E-state index contributed by atoms with van der Waals surface area (Å²) in [6, 6.07) is 1.13. The molecule has 118 valence electrons. The zero-order valence-corrected chi connectivity index (χ0v) is 13.0. The summed E-state index contributed by atoms with van der Waals surface area (Å²) < 4.78 is 28.1. The van der Waals surface area contributed by atoms with Gasteiger partial charge in [-0.1, -0.05) is 6.92 Å². The monoisotopic (exact) mass is 315 g/mol. The highest BCUT2D eigenvalue weighted by molar-refractivity contribution is 7.89. The fourth-order valence-corrected chi connectivity index (χ4v) is 3.57. The van der Waals surface area contributed by atoms with Crippen LogP contribution in [0.15, 0.2) is 15.4 Å². The van der Waals surface area contributed by atoms with Crippen LogP contribution in [0.5, 0.6) is 0 Å². The third kappa shape index (κ3) is 3.12. The molecule has 1 aliphatic heterocycles. The molecule has 2 heterocycles. The van der Waals surface area contributed by atoms with Crippen molar-refractivity contribution in [2.75, 3.05) is 13.1 Å². The lowest BCUT2D eigenvalue weighted by Crippen LogP contribution is -2.51. The van der Waals surface area contributed by atoms with Gasteiger partial charge in [0.25, 0.3) is 5.91 Å². The van der Waals surface area contributed by atoms with E-state index in [2.05, 4.69) is 6.92 Å². The Morgan fingerprint density at radius 1 is 1.52 bits per heavy atom. The molecule has 1 saturated heterocycles. The van der Waals surface area contributed by atoms with Gasteiger partial charge in [0.2, 0.25) is 10.0 Å². The highest BCUT2D eigenvalue weighted by Gasteiger charge is 2.33. The minimum absolute atomic E-state index is 0.0101. The minimum Gasteiger partial charge on any atom is -0.455 e. The van der Waals surface area contributed by atoms with E-state index in [4.69, 9.17) is 15.3 Å². The van der Waals surface area contributed by atoms with Crippen LogP contribution in [0.2, 0.25) is 0 Å². The van der Waals surface area contributed by atoms with Crippen molar-refractivity contribution in [3.63, 3.8) is 0 Å². The Balaban J connectivity index is 2.32. The number of amides is 1. The Morgan fingerprint density at radius 3 is 2.71 bits per heavy atom. The van der Waals surface area contributed by atoms with E-state index >= 15 is 0 Å². The predicted molar refractivity (Wildman–Crippen MR) is 77.1 cm³/mol. The molecule has 0 radical (unpaired) electrons. The third-order valence-corrected chi connectivity index (χ3v) is 5.03. The molecule has 0 spiro atoms. The number of sulfonamides is 1. The highest BCUT2D eigenvalue weighted by Crippen LogP contribution is 2.26. The van der Waals surface area contributed by atoms with Crippen LogP contribution in [0.4, 0.5) is 0 Å². The van der Waals surface area contributed by atoms with E-state index in [-0.39, 0.29) is 28.4 Å². The molecule has 7 nitrogen and oxygen atoms in total. The zero-order chi connectivity index (χ0) is 15.8. The van der Waals surface area contributed by atoms with Crippen LogP contribution in [0.3, 0.4) is 0 Å². The Labute approximate surface area is 124 Å². The van der Waals surface area contributed by atoms with Crippen LogP contribution < -0.4 is 10.9 Å². The van der Waals surface area contributed by atoms with E-state index in [1.54, 1.807) is 4.90 Å². The molecule has 2 atom stereocenters. The van der Waals surface area contributed by atoms with Gasteiger partial charge in [-0.25, -0.2) is 13.6 Å². The first kappa shape index (κ1) is 16.0. The van der Waals surface area contributed by atoms with Crippen LogP contribution in [-0.2, 0) is 10.0 Å². The Kier molecular flexibility index (Phi) is 4.40.